The Morgan fingerprint density at radius 1 is 1.48 bits per heavy atom. The molecule has 0 aliphatic carbocycles. The topological polar surface area (TPSA) is 71.3 Å². The Morgan fingerprint density at radius 2 is 2.30 bits per heavy atom. The molecule has 0 unspecified atom stereocenters. The number of piperidine rings is 1. The van der Waals surface area contributed by atoms with Gasteiger partial charge in [-0.2, -0.15) is 16.3 Å². The zero-order valence-corrected chi connectivity index (χ0v) is 14.1. The van der Waals surface area contributed by atoms with E-state index in [4.69, 9.17) is 4.52 Å². The van der Waals surface area contributed by atoms with Crippen LogP contribution < -0.4 is 5.32 Å². The summed E-state index contributed by atoms with van der Waals surface area (Å²) in [5.41, 5.74) is 0.997. The summed E-state index contributed by atoms with van der Waals surface area (Å²) in [5, 5.41) is 11.0. The molecule has 1 aliphatic rings. The summed E-state index contributed by atoms with van der Waals surface area (Å²) in [4.78, 5) is 18.7. The maximum absolute atomic E-state index is 12.0. The van der Waals surface area contributed by atoms with Gasteiger partial charge in [-0.05, 0) is 43.8 Å². The van der Waals surface area contributed by atoms with Gasteiger partial charge >= 0.3 is 0 Å². The van der Waals surface area contributed by atoms with Crippen LogP contribution in [0.15, 0.2) is 21.3 Å². The number of carbonyl (C=O) groups is 1. The molecule has 3 rings (SSSR count). The molecule has 23 heavy (non-hydrogen) atoms. The van der Waals surface area contributed by atoms with Crippen molar-refractivity contribution >= 4 is 17.2 Å². The van der Waals surface area contributed by atoms with Crippen LogP contribution in [0.3, 0.4) is 0 Å². The van der Waals surface area contributed by atoms with E-state index >= 15 is 0 Å². The number of aromatic nitrogens is 2. The van der Waals surface area contributed by atoms with E-state index in [0.29, 0.717) is 18.3 Å². The van der Waals surface area contributed by atoms with Gasteiger partial charge in [-0.25, -0.2) is 0 Å². The van der Waals surface area contributed by atoms with E-state index in [0.717, 1.165) is 44.5 Å². The Bertz CT molecular complexity index is 618. The molecule has 1 N–H and O–H groups in total. The highest BCUT2D eigenvalue weighted by molar-refractivity contribution is 7.08. The first kappa shape index (κ1) is 16.1. The molecule has 124 valence electrons. The molecular weight excluding hydrogens is 312 g/mol. The first-order valence-corrected chi connectivity index (χ1v) is 9.05. The van der Waals surface area contributed by atoms with Gasteiger partial charge in [0, 0.05) is 23.4 Å². The predicted molar refractivity (Wildman–Crippen MR) is 88.9 cm³/mol. The fraction of sp³-hybridized carbons (Fsp3) is 0.562. The van der Waals surface area contributed by atoms with E-state index in [9.17, 15) is 4.79 Å². The molecule has 1 saturated heterocycles. The number of thiophene rings is 1. The number of hydrogen-bond donors (Lipinski definition) is 1. The number of nitrogens with one attached hydrogen (secondary N) is 1. The zero-order valence-electron chi connectivity index (χ0n) is 13.3. The molecule has 2 aromatic rings. The number of rotatable bonds is 6. The molecule has 3 heterocycles. The number of carbonyl (C=O) groups excluding carboxylic acids is 1. The Labute approximate surface area is 139 Å². The third kappa shape index (κ3) is 4.17. The van der Waals surface area contributed by atoms with E-state index in [1.54, 1.807) is 11.3 Å². The third-order valence-corrected chi connectivity index (χ3v) is 4.80. The number of nitrogens with zero attached hydrogens (tertiary/aromatic N) is 3. The van der Waals surface area contributed by atoms with Gasteiger partial charge in [-0.1, -0.05) is 12.1 Å². The van der Waals surface area contributed by atoms with Crippen LogP contribution >= 0.6 is 11.3 Å². The van der Waals surface area contributed by atoms with Crippen LogP contribution in [0.4, 0.5) is 0 Å². The van der Waals surface area contributed by atoms with Crippen LogP contribution in [-0.4, -0.2) is 40.6 Å². The molecule has 0 atom stereocenters. The summed E-state index contributed by atoms with van der Waals surface area (Å²) < 4.78 is 5.34. The molecule has 0 radical (unpaired) electrons. The first-order valence-electron chi connectivity index (χ1n) is 8.11. The number of hydrogen-bond acceptors (Lipinski definition) is 6. The van der Waals surface area contributed by atoms with Crippen LogP contribution in [0.2, 0.25) is 0 Å². The lowest BCUT2D eigenvalue weighted by Crippen LogP contribution is -2.40. The standard InChI is InChI=1S/C16H22N4O2S/c1-2-6-17-16(21)12-3-7-20(8-4-12)10-14-18-15(19-22-14)13-5-9-23-11-13/h5,9,11-12H,2-4,6-8,10H2,1H3,(H,17,21). The highest BCUT2D eigenvalue weighted by Gasteiger charge is 2.25. The van der Waals surface area contributed by atoms with Crippen molar-refractivity contribution in [1.82, 2.24) is 20.4 Å². The highest BCUT2D eigenvalue weighted by Crippen LogP contribution is 2.21. The molecule has 1 fully saturated rings. The van der Waals surface area contributed by atoms with Crippen molar-refractivity contribution in [3.63, 3.8) is 0 Å². The van der Waals surface area contributed by atoms with Gasteiger partial charge in [0.15, 0.2) is 0 Å². The summed E-state index contributed by atoms with van der Waals surface area (Å²) in [7, 11) is 0. The van der Waals surface area contributed by atoms with Gasteiger partial charge in [0.1, 0.15) is 0 Å². The highest BCUT2D eigenvalue weighted by atomic mass is 32.1. The summed E-state index contributed by atoms with van der Waals surface area (Å²) in [6.07, 6.45) is 2.76. The minimum atomic E-state index is 0.141. The Morgan fingerprint density at radius 3 is 3.00 bits per heavy atom. The van der Waals surface area contributed by atoms with Crippen LogP contribution in [0.1, 0.15) is 32.1 Å². The van der Waals surface area contributed by atoms with Gasteiger partial charge in [-0.15, -0.1) is 0 Å². The Hall–Kier alpha value is -1.73. The van der Waals surface area contributed by atoms with Crippen molar-refractivity contribution in [3.8, 4) is 11.4 Å². The lowest BCUT2D eigenvalue weighted by Gasteiger charge is -2.30. The number of likely N-dealkylation sites (tertiary alicyclic amines) is 1. The van der Waals surface area contributed by atoms with Crippen molar-refractivity contribution in [2.24, 2.45) is 5.92 Å². The van der Waals surface area contributed by atoms with Gasteiger partial charge in [0.25, 0.3) is 0 Å². The molecule has 6 nitrogen and oxygen atoms in total. The molecule has 7 heteroatoms. The SMILES string of the molecule is CCCNC(=O)C1CCN(Cc2nc(-c3ccsc3)no2)CC1. The summed E-state index contributed by atoms with van der Waals surface area (Å²) >= 11 is 1.62. The van der Waals surface area contributed by atoms with E-state index in [1.165, 1.54) is 0 Å². The largest absolute Gasteiger partial charge is 0.356 e. The second kappa shape index (κ2) is 7.70. The van der Waals surface area contributed by atoms with Gasteiger partial charge in [0.05, 0.1) is 6.54 Å². The smallest absolute Gasteiger partial charge is 0.241 e. The Balaban J connectivity index is 1.48. The van der Waals surface area contributed by atoms with Crippen LogP contribution in [-0.2, 0) is 11.3 Å². The minimum Gasteiger partial charge on any atom is -0.356 e. The zero-order chi connectivity index (χ0) is 16.1. The van der Waals surface area contributed by atoms with Crippen molar-refractivity contribution in [1.29, 1.82) is 0 Å². The van der Waals surface area contributed by atoms with Gasteiger partial charge < -0.3 is 9.84 Å². The van der Waals surface area contributed by atoms with Crippen LogP contribution in [0.5, 0.6) is 0 Å². The van der Waals surface area contributed by atoms with Crippen molar-refractivity contribution in [2.75, 3.05) is 19.6 Å². The fourth-order valence-corrected chi connectivity index (χ4v) is 3.40. The lowest BCUT2D eigenvalue weighted by atomic mass is 9.96. The quantitative estimate of drug-likeness (QED) is 0.879. The van der Waals surface area contributed by atoms with Gasteiger partial charge in [-0.3, -0.25) is 9.69 Å². The minimum absolute atomic E-state index is 0.141. The second-order valence-electron chi connectivity index (χ2n) is 5.87. The molecule has 1 amide bonds. The van der Waals surface area contributed by atoms with E-state index in [-0.39, 0.29) is 11.8 Å². The summed E-state index contributed by atoms with van der Waals surface area (Å²) in [5.74, 6) is 1.63. The average Bonchev–Trinajstić information content (AvgIpc) is 3.24. The average molecular weight is 334 g/mol. The van der Waals surface area contributed by atoms with Gasteiger partial charge in [0.2, 0.25) is 17.6 Å². The summed E-state index contributed by atoms with van der Waals surface area (Å²) in [6.45, 7) is 5.27. The van der Waals surface area contributed by atoms with E-state index in [1.807, 2.05) is 16.8 Å². The summed E-state index contributed by atoms with van der Waals surface area (Å²) in [6, 6.07) is 1.99. The molecule has 1 aliphatic heterocycles. The van der Waals surface area contributed by atoms with E-state index in [2.05, 4.69) is 27.3 Å². The molecule has 0 saturated carbocycles. The van der Waals surface area contributed by atoms with Crippen molar-refractivity contribution in [2.45, 2.75) is 32.7 Å². The fourth-order valence-electron chi connectivity index (χ4n) is 2.77. The normalized spacial score (nSPS) is 16.6. The molecule has 0 spiro atoms. The van der Waals surface area contributed by atoms with Crippen molar-refractivity contribution < 1.29 is 9.32 Å². The first-order chi connectivity index (χ1) is 11.3. The predicted octanol–water partition coefficient (Wildman–Crippen LogP) is 2.54. The molecule has 0 aromatic carbocycles. The maximum atomic E-state index is 12.0. The Kier molecular flexibility index (Phi) is 5.40. The number of amides is 1. The molecule has 2 aromatic heterocycles. The van der Waals surface area contributed by atoms with Crippen LogP contribution in [0.25, 0.3) is 11.4 Å². The van der Waals surface area contributed by atoms with Crippen molar-refractivity contribution in [3.05, 3.63) is 22.7 Å². The molecule has 0 bridgehead atoms. The van der Waals surface area contributed by atoms with E-state index < -0.39 is 0 Å². The molecular formula is C16H22N4O2S. The van der Waals surface area contributed by atoms with Crippen LogP contribution in [0, 0.1) is 5.92 Å². The monoisotopic (exact) mass is 334 g/mol. The maximum Gasteiger partial charge on any atom is 0.241 e. The third-order valence-electron chi connectivity index (χ3n) is 4.11. The second-order valence-corrected chi connectivity index (χ2v) is 6.65. The lowest BCUT2D eigenvalue weighted by molar-refractivity contribution is -0.126.